The van der Waals surface area contributed by atoms with Gasteiger partial charge in [0.2, 0.25) is 5.91 Å². The van der Waals surface area contributed by atoms with Crippen LogP contribution in [0.5, 0.6) is 11.5 Å². The molecule has 8 nitrogen and oxygen atoms in total. The van der Waals surface area contributed by atoms with Gasteiger partial charge in [-0.15, -0.1) is 0 Å². The van der Waals surface area contributed by atoms with Crippen LogP contribution in [0.25, 0.3) is 10.9 Å². The number of hydrogen-bond acceptors (Lipinski definition) is 6. The van der Waals surface area contributed by atoms with Gasteiger partial charge in [0, 0.05) is 18.1 Å². The number of benzene rings is 1. The van der Waals surface area contributed by atoms with E-state index in [1.165, 1.54) is 0 Å². The van der Waals surface area contributed by atoms with Crippen LogP contribution in [0.3, 0.4) is 0 Å². The largest absolute Gasteiger partial charge is 0.490 e. The summed E-state index contributed by atoms with van der Waals surface area (Å²) in [6.07, 6.45) is 2.87. The van der Waals surface area contributed by atoms with Crippen LogP contribution < -0.4 is 15.2 Å². The van der Waals surface area contributed by atoms with Gasteiger partial charge in [0.1, 0.15) is 24.2 Å². The van der Waals surface area contributed by atoms with Crippen LogP contribution in [0, 0.1) is 0 Å². The van der Waals surface area contributed by atoms with Crippen LogP contribution in [0.15, 0.2) is 24.4 Å². The van der Waals surface area contributed by atoms with Crippen molar-refractivity contribution in [3.63, 3.8) is 0 Å². The molecule has 8 heteroatoms. The summed E-state index contributed by atoms with van der Waals surface area (Å²) in [6, 6.07) is 5.07. The van der Waals surface area contributed by atoms with E-state index in [0.717, 1.165) is 12.8 Å². The van der Waals surface area contributed by atoms with Gasteiger partial charge in [0.15, 0.2) is 0 Å². The SMILES string of the molecule is CC(C)Oc1cc2c(O[C@@H]3CCCN(C(=O)CO)C3)ccnc2cc1C(N)=O. The predicted octanol–water partition coefficient (Wildman–Crippen LogP) is 1.48. The third-order valence-electron chi connectivity index (χ3n) is 4.59. The van der Waals surface area contributed by atoms with Gasteiger partial charge in [-0.3, -0.25) is 14.6 Å². The number of piperidine rings is 1. The number of carbonyl (C=O) groups excluding carboxylic acids is 2. The maximum Gasteiger partial charge on any atom is 0.252 e. The molecular formula is C20H25N3O5. The van der Waals surface area contributed by atoms with Crippen LogP contribution in [-0.2, 0) is 4.79 Å². The van der Waals surface area contributed by atoms with Gasteiger partial charge in [-0.2, -0.15) is 0 Å². The number of rotatable bonds is 6. The number of hydrogen-bond donors (Lipinski definition) is 2. The van der Waals surface area contributed by atoms with E-state index in [0.29, 0.717) is 35.5 Å². The van der Waals surface area contributed by atoms with Crippen LogP contribution >= 0.6 is 0 Å². The summed E-state index contributed by atoms with van der Waals surface area (Å²) in [5.41, 5.74) is 6.33. The summed E-state index contributed by atoms with van der Waals surface area (Å²) in [5, 5.41) is 9.79. The Morgan fingerprint density at radius 3 is 2.82 bits per heavy atom. The minimum atomic E-state index is -0.587. The lowest BCUT2D eigenvalue weighted by atomic mass is 10.1. The van der Waals surface area contributed by atoms with E-state index in [1.54, 1.807) is 29.3 Å². The Balaban J connectivity index is 1.93. The summed E-state index contributed by atoms with van der Waals surface area (Å²) in [6.45, 7) is 4.26. The van der Waals surface area contributed by atoms with E-state index < -0.39 is 12.5 Å². The van der Waals surface area contributed by atoms with Crippen LogP contribution in [0.2, 0.25) is 0 Å². The smallest absolute Gasteiger partial charge is 0.252 e. The van der Waals surface area contributed by atoms with Gasteiger partial charge < -0.3 is 25.2 Å². The van der Waals surface area contributed by atoms with Gasteiger partial charge in [0.25, 0.3) is 5.91 Å². The Kier molecular flexibility index (Phi) is 5.99. The van der Waals surface area contributed by atoms with Crippen LogP contribution in [0.1, 0.15) is 37.0 Å². The number of pyridine rings is 1. The van der Waals surface area contributed by atoms with E-state index in [4.69, 9.17) is 20.3 Å². The zero-order chi connectivity index (χ0) is 20.3. The molecule has 3 N–H and O–H groups in total. The number of likely N-dealkylation sites (tertiary alicyclic amines) is 1. The molecule has 0 radical (unpaired) electrons. The van der Waals surface area contributed by atoms with E-state index in [-0.39, 0.29) is 23.7 Å². The highest BCUT2D eigenvalue weighted by molar-refractivity contribution is 6.01. The molecule has 0 bridgehead atoms. The Hall–Kier alpha value is -2.87. The number of aromatic nitrogens is 1. The first-order valence-electron chi connectivity index (χ1n) is 9.33. The maximum atomic E-state index is 11.8. The molecule has 150 valence electrons. The molecule has 2 amide bonds. The predicted molar refractivity (Wildman–Crippen MR) is 103 cm³/mol. The monoisotopic (exact) mass is 387 g/mol. The first-order valence-corrected chi connectivity index (χ1v) is 9.33. The molecular weight excluding hydrogens is 362 g/mol. The van der Waals surface area contributed by atoms with Gasteiger partial charge in [-0.25, -0.2) is 0 Å². The highest BCUT2D eigenvalue weighted by Crippen LogP contribution is 2.32. The zero-order valence-corrected chi connectivity index (χ0v) is 16.1. The van der Waals surface area contributed by atoms with Gasteiger partial charge in [-0.1, -0.05) is 0 Å². The van der Waals surface area contributed by atoms with Crippen molar-refractivity contribution in [2.45, 2.75) is 38.9 Å². The third kappa shape index (κ3) is 4.33. The first-order chi connectivity index (χ1) is 13.4. The summed E-state index contributed by atoms with van der Waals surface area (Å²) in [4.78, 5) is 29.5. The molecule has 2 aromatic rings. The number of carbonyl (C=O) groups is 2. The number of primary amides is 1. The van der Waals surface area contributed by atoms with Crippen molar-refractivity contribution >= 4 is 22.7 Å². The van der Waals surface area contributed by atoms with Crippen LogP contribution in [0.4, 0.5) is 0 Å². The highest BCUT2D eigenvalue weighted by Gasteiger charge is 2.25. The van der Waals surface area contributed by atoms with Crippen molar-refractivity contribution in [2.24, 2.45) is 5.73 Å². The second-order valence-corrected chi connectivity index (χ2v) is 7.09. The second kappa shape index (κ2) is 8.43. The highest BCUT2D eigenvalue weighted by atomic mass is 16.5. The molecule has 28 heavy (non-hydrogen) atoms. The van der Waals surface area contributed by atoms with Crippen molar-refractivity contribution in [3.05, 3.63) is 30.0 Å². The average Bonchev–Trinajstić information content (AvgIpc) is 2.67. The normalized spacial score (nSPS) is 17.0. The molecule has 1 fully saturated rings. The quantitative estimate of drug-likeness (QED) is 0.776. The van der Waals surface area contributed by atoms with Gasteiger partial charge >= 0.3 is 0 Å². The summed E-state index contributed by atoms with van der Waals surface area (Å²) in [7, 11) is 0. The van der Waals surface area contributed by atoms with Crippen molar-refractivity contribution in [3.8, 4) is 11.5 Å². The fourth-order valence-corrected chi connectivity index (χ4v) is 3.33. The van der Waals surface area contributed by atoms with Gasteiger partial charge in [-0.05, 0) is 44.9 Å². The molecule has 1 aliphatic rings. The van der Waals surface area contributed by atoms with E-state index >= 15 is 0 Å². The molecule has 1 atom stereocenters. The maximum absolute atomic E-state index is 11.8. The van der Waals surface area contributed by atoms with E-state index in [1.807, 2.05) is 13.8 Å². The molecule has 0 saturated carbocycles. The van der Waals surface area contributed by atoms with E-state index in [9.17, 15) is 9.59 Å². The number of nitrogens with zero attached hydrogens (tertiary/aromatic N) is 2. The van der Waals surface area contributed by atoms with Crippen molar-refractivity contribution in [1.29, 1.82) is 0 Å². The summed E-state index contributed by atoms with van der Waals surface area (Å²) in [5.74, 6) is 0.0919. The number of fused-ring (bicyclic) bond motifs is 1. The average molecular weight is 387 g/mol. The van der Waals surface area contributed by atoms with Crippen molar-refractivity contribution in [1.82, 2.24) is 9.88 Å². The standard InChI is InChI=1S/C20H25N3O5/c1-12(2)27-18-9-14-16(8-15(18)20(21)26)22-6-5-17(14)28-13-4-3-7-23(10-13)19(25)11-24/h5-6,8-9,12-13,24H,3-4,7,10-11H2,1-2H3,(H2,21,26)/t13-/m1/s1. The molecule has 1 aliphatic heterocycles. The molecule has 3 rings (SSSR count). The Morgan fingerprint density at radius 1 is 1.36 bits per heavy atom. The van der Waals surface area contributed by atoms with Gasteiger partial charge in [0.05, 0.1) is 23.7 Å². The topological polar surface area (TPSA) is 115 Å². The zero-order valence-electron chi connectivity index (χ0n) is 16.1. The number of ether oxygens (including phenoxy) is 2. The number of nitrogens with two attached hydrogens (primary N) is 1. The Labute approximate surface area is 163 Å². The van der Waals surface area contributed by atoms with E-state index in [2.05, 4.69) is 4.98 Å². The lowest BCUT2D eigenvalue weighted by molar-refractivity contribution is -0.136. The second-order valence-electron chi connectivity index (χ2n) is 7.09. The Morgan fingerprint density at radius 2 is 2.14 bits per heavy atom. The van der Waals surface area contributed by atoms with Crippen molar-refractivity contribution in [2.75, 3.05) is 19.7 Å². The molecule has 1 aromatic carbocycles. The lowest BCUT2D eigenvalue weighted by Gasteiger charge is -2.32. The molecule has 0 spiro atoms. The molecule has 1 saturated heterocycles. The lowest BCUT2D eigenvalue weighted by Crippen LogP contribution is -2.45. The number of aliphatic hydroxyl groups is 1. The molecule has 2 heterocycles. The minimum absolute atomic E-state index is 0.131. The fourth-order valence-electron chi connectivity index (χ4n) is 3.33. The fraction of sp³-hybridized carbons (Fsp3) is 0.450. The van der Waals surface area contributed by atoms with Crippen LogP contribution in [-0.4, -0.2) is 58.7 Å². The Bertz CT molecular complexity index is 884. The molecule has 1 aromatic heterocycles. The third-order valence-corrected chi connectivity index (χ3v) is 4.59. The summed E-state index contributed by atoms with van der Waals surface area (Å²) >= 11 is 0. The number of amides is 2. The molecule has 0 aliphatic carbocycles. The number of aliphatic hydroxyl groups excluding tert-OH is 1. The summed E-state index contributed by atoms with van der Waals surface area (Å²) < 4.78 is 11.9. The first kappa shape index (κ1) is 19.9. The van der Waals surface area contributed by atoms with Crippen molar-refractivity contribution < 1.29 is 24.2 Å². The molecule has 0 unspecified atom stereocenters. The minimum Gasteiger partial charge on any atom is -0.490 e.